The highest BCUT2D eigenvalue weighted by atomic mass is 35.5. The van der Waals surface area contributed by atoms with Crippen LogP contribution in [0, 0.1) is 0 Å². The predicted octanol–water partition coefficient (Wildman–Crippen LogP) is 3.28. The SMILES string of the molecule is CCCn1c(=O)n(Cc2ccc(Cl)cc2)c(=O)c2[nH]cnc21.CCCn1c(N)c(N)c(=O)n(Cc2ccc(Cl)cc2)c1=O. The quantitative estimate of drug-likeness (QED) is 0.237. The number of imidazole rings is 1. The topological polar surface area (TPSA) is 169 Å². The Balaban J connectivity index is 0.000000197. The van der Waals surface area contributed by atoms with Gasteiger partial charge in [-0.25, -0.2) is 14.6 Å². The standard InChI is InChI=1S/C15H15ClN4O2.C14H17ClN4O2/c1-2-7-19-13-12(17-9-18-13)14(21)20(15(19)22)8-10-3-5-11(16)6-4-10;1-2-7-18-12(17)11(16)13(20)19(14(18)21)8-9-3-5-10(15)6-4-9/h3-6,9H,2,7-8H2,1H3,(H,17,18);3-6H,2,7-8,16-17H2,1H3. The van der Waals surface area contributed by atoms with Crippen molar-refractivity contribution in [1.29, 1.82) is 0 Å². The molecule has 12 nitrogen and oxygen atoms in total. The van der Waals surface area contributed by atoms with Crippen LogP contribution in [0.3, 0.4) is 0 Å². The highest BCUT2D eigenvalue weighted by Gasteiger charge is 2.16. The lowest BCUT2D eigenvalue weighted by molar-refractivity contribution is 0.581. The Morgan fingerprint density at radius 2 is 1.16 bits per heavy atom. The van der Waals surface area contributed by atoms with Crippen LogP contribution in [-0.4, -0.2) is 28.2 Å². The summed E-state index contributed by atoms with van der Waals surface area (Å²) in [5.41, 5.74) is 12.0. The second kappa shape index (κ2) is 13.6. The van der Waals surface area contributed by atoms with E-state index in [-0.39, 0.29) is 35.8 Å². The van der Waals surface area contributed by atoms with Crippen molar-refractivity contribution in [3.63, 3.8) is 0 Å². The molecule has 0 spiro atoms. The molecule has 5 rings (SSSR count). The van der Waals surface area contributed by atoms with Crippen LogP contribution in [0.25, 0.3) is 11.2 Å². The molecule has 5 N–H and O–H groups in total. The van der Waals surface area contributed by atoms with Crippen molar-refractivity contribution < 1.29 is 0 Å². The van der Waals surface area contributed by atoms with Crippen molar-refractivity contribution in [2.75, 3.05) is 11.5 Å². The van der Waals surface area contributed by atoms with E-state index < -0.39 is 11.2 Å². The molecule has 0 aliphatic heterocycles. The van der Waals surface area contributed by atoms with Gasteiger partial charge in [0.2, 0.25) is 0 Å². The number of aromatic amines is 1. The number of anilines is 2. The molecule has 0 unspecified atom stereocenters. The third kappa shape index (κ3) is 6.76. The summed E-state index contributed by atoms with van der Waals surface area (Å²) in [7, 11) is 0. The summed E-state index contributed by atoms with van der Waals surface area (Å²) in [6.45, 7) is 5.14. The number of aromatic nitrogens is 6. The van der Waals surface area contributed by atoms with Gasteiger partial charge in [-0.2, -0.15) is 0 Å². The second-order valence-electron chi connectivity index (χ2n) is 9.80. The fourth-order valence-corrected chi connectivity index (χ4v) is 4.78. The Kier molecular flexibility index (Phi) is 9.94. The molecule has 2 aromatic carbocycles. The number of aryl methyl sites for hydroxylation is 1. The lowest BCUT2D eigenvalue weighted by atomic mass is 10.2. The average Bonchev–Trinajstić information content (AvgIpc) is 3.49. The number of nitrogens with zero attached hydrogens (tertiary/aromatic N) is 5. The number of fused-ring (bicyclic) bond motifs is 1. The lowest BCUT2D eigenvalue weighted by Crippen LogP contribution is -2.42. The molecule has 0 saturated heterocycles. The predicted molar refractivity (Wildman–Crippen MR) is 170 cm³/mol. The normalized spacial score (nSPS) is 11.0. The van der Waals surface area contributed by atoms with Gasteiger partial charge in [0.1, 0.15) is 17.0 Å². The van der Waals surface area contributed by atoms with E-state index in [1.807, 2.05) is 13.8 Å². The Morgan fingerprint density at radius 1 is 0.698 bits per heavy atom. The fourth-order valence-electron chi connectivity index (χ4n) is 4.53. The molecule has 0 aliphatic carbocycles. The van der Waals surface area contributed by atoms with E-state index >= 15 is 0 Å². The van der Waals surface area contributed by atoms with Crippen molar-refractivity contribution in [3.8, 4) is 0 Å². The molecule has 0 atom stereocenters. The van der Waals surface area contributed by atoms with Gasteiger partial charge in [-0.15, -0.1) is 0 Å². The molecule has 0 aliphatic rings. The summed E-state index contributed by atoms with van der Waals surface area (Å²) in [6.07, 6.45) is 2.92. The van der Waals surface area contributed by atoms with Crippen LogP contribution in [0.5, 0.6) is 0 Å². The zero-order chi connectivity index (χ0) is 31.3. The van der Waals surface area contributed by atoms with Gasteiger partial charge in [-0.05, 0) is 48.2 Å². The third-order valence-electron chi connectivity index (χ3n) is 6.70. The number of benzene rings is 2. The summed E-state index contributed by atoms with van der Waals surface area (Å²) in [5.74, 6) is 0.0270. The molecular weight excluding hydrogens is 595 g/mol. The van der Waals surface area contributed by atoms with Gasteiger partial charge in [0, 0.05) is 23.1 Å². The van der Waals surface area contributed by atoms with E-state index in [9.17, 15) is 19.2 Å². The third-order valence-corrected chi connectivity index (χ3v) is 7.21. The molecule has 0 bridgehead atoms. The number of rotatable bonds is 8. The maximum absolute atomic E-state index is 12.6. The number of nitrogen functional groups attached to an aromatic ring is 2. The van der Waals surface area contributed by atoms with Crippen molar-refractivity contribution in [2.45, 2.75) is 52.9 Å². The summed E-state index contributed by atoms with van der Waals surface area (Å²) >= 11 is 11.7. The Labute approximate surface area is 255 Å². The summed E-state index contributed by atoms with van der Waals surface area (Å²) in [4.78, 5) is 56.6. The Bertz CT molecular complexity index is 1970. The molecular formula is C29H32Cl2N8O4. The minimum Gasteiger partial charge on any atom is -0.391 e. The smallest absolute Gasteiger partial charge is 0.333 e. The first kappa shape index (κ1) is 31.4. The highest BCUT2D eigenvalue weighted by Crippen LogP contribution is 2.12. The number of hydrogen-bond acceptors (Lipinski definition) is 7. The number of nitrogens with one attached hydrogen (secondary N) is 1. The number of H-pyrrole nitrogens is 1. The Morgan fingerprint density at radius 3 is 1.67 bits per heavy atom. The van der Waals surface area contributed by atoms with Gasteiger partial charge in [0.05, 0.1) is 19.4 Å². The molecule has 5 aromatic rings. The molecule has 0 radical (unpaired) electrons. The van der Waals surface area contributed by atoms with Gasteiger partial charge in [0.15, 0.2) is 5.65 Å². The van der Waals surface area contributed by atoms with Crippen LogP contribution in [0.4, 0.5) is 11.5 Å². The lowest BCUT2D eigenvalue weighted by Gasteiger charge is -2.14. The van der Waals surface area contributed by atoms with Gasteiger partial charge in [-0.1, -0.05) is 61.3 Å². The molecule has 0 saturated carbocycles. The van der Waals surface area contributed by atoms with E-state index in [4.69, 9.17) is 34.7 Å². The van der Waals surface area contributed by atoms with Crippen LogP contribution in [0.15, 0.2) is 74.0 Å². The van der Waals surface area contributed by atoms with Gasteiger partial charge >= 0.3 is 11.4 Å². The first-order chi connectivity index (χ1) is 20.6. The molecule has 3 aromatic heterocycles. The van der Waals surface area contributed by atoms with Crippen LogP contribution in [0.2, 0.25) is 10.0 Å². The number of nitrogens with two attached hydrogens (primary N) is 2. The highest BCUT2D eigenvalue weighted by molar-refractivity contribution is 6.30. The van der Waals surface area contributed by atoms with E-state index in [2.05, 4.69) is 9.97 Å². The van der Waals surface area contributed by atoms with Crippen molar-refractivity contribution in [3.05, 3.63) is 118 Å². The molecule has 14 heteroatoms. The first-order valence-corrected chi connectivity index (χ1v) is 14.4. The van der Waals surface area contributed by atoms with Crippen LogP contribution >= 0.6 is 23.2 Å². The Hall–Kier alpha value is -4.55. The van der Waals surface area contributed by atoms with Crippen molar-refractivity contribution >= 4 is 45.9 Å². The molecule has 0 amide bonds. The van der Waals surface area contributed by atoms with Crippen molar-refractivity contribution in [2.24, 2.45) is 0 Å². The number of halogens is 2. The van der Waals surface area contributed by atoms with Crippen LogP contribution < -0.4 is 34.0 Å². The first-order valence-electron chi connectivity index (χ1n) is 13.6. The second-order valence-corrected chi connectivity index (χ2v) is 10.7. The number of hydrogen-bond donors (Lipinski definition) is 3. The van der Waals surface area contributed by atoms with E-state index in [1.165, 1.54) is 20.0 Å². The van der Waals surface area contributed by atoms with Crippen LogP contribution in [-0.2, 0) is 26.2 Å². The molecule has 3 heterocycles. The van der Waals surface area contributed by atoms with E-state index in [0.29, 0.717) is 40.7 Å². The van der Waals surface area contributed by atoms with Crippen LogP contribution in [0.1, 0.15) is 37.8 Å². The molecule has 0 fully saturated rings. The maximum atomic E-state index is 12.6. The van der Waals surface area contributed by atoms with Gasteiger partial charge in [0.25, 0.3) is 11.1 Å². The molecule has 226 valence electrons. The maximum Gasteiger partial charge on any atom is 0.333 e. The fraction of sp³-hybridized carbons (Fsp3) is 0.276. The summed E-state index contributed by atoms with van der Waals surface area (Å²) in [6, 6.07) is 14.0. The summed E-state index contributed by atoms with van der Waals surface area (Å²) < 4.78 is 5.17. The van der Waals surface area contributed by atoms with Crippen molar-refractivity contribution in [1.82, 2.24) is 28.2 Å². The van der Waals surface area contributed by atoms with E-state index in [0.717, 1.165) is 22.1 Å². The summed E-state index contributed by atoms with van der Waals surface area (Å²) in [5, 5.41) is 1.20. The minimum absolute atomic E-state index is 0.0270. The zero-order valence-corrected chi connectivity index (χ0v) is 25.2. The zero-order valence-electron chi connectivity index (χ0n) is 23.7. The largest absolute Gasteiger partial charge is 0.391 e. The molecule has 43 heavy (non-hydrogen) atoms. The minimum atomic E-state index is -0.570. The van der Waals surface area contributed by atoms with E-state index in [1.54, 1.807) is 48.5 Å². The van der Waals surface area contributed by atoms with Gasteiger partial charge in [-0.3, -0.25) is 27.9 Å². The monoisotopic (exact) mass is 626 g/mol. The average molecular weight is 628 g/mol. The van der Waals surface area contributed by atoms with Gasteiger partial charge < -0.3 is 16.5 Å².